The fraction of sp³-hybridized carbons (Fsp3) is 0.222. The minimum absolute atomic E-state index is 0.676. The first-order valence-corrected chi connectivity index (χ1v) is 7.27. The topological polar surface area (TPSA) is 37.0 Å². The minimum atomic E-state index is 0.676. The maximum Gasteiger partial charge on any atom is 0.119 e. The lowest BCUT2D eigenvalue weighted by Crippen LogP contribution is -2.20. The monoisotopic (exact) mass is 280 g/mol. The van der Waals surface area contributed by atoms with Crippen LogP contribution in [0.4, 0.5) is 0 Å². The van der Waals surface area contributed by atoms with E-state index in [-0.39, 0.29) is 0 Å². The first kappa shape index (κ1) is 13.7. The standard InChI is InChI=1S/C18H20N2O/c1-14-3-2-4-17(11-14)21-10-9-19-13-15-5-6-18-16(12-15)7-8-20-18/h2-8,11-12,19-20H,9-10,13H2,1H3. The van der Waals surface area contributed by atoms with Crippen molar-refractivity contribution in [3.63, 3.8) is 0 Å². The summed E-state index contributed by atoms with van der Waals surface area (Å²) in [6.07, 6.45) is 1.97. The number of fused-ring (bicyclic) bond motifs is 1. The maximum atomic E-state index is 5.72. The molecule has 0 bridgehead atoms. The van der Waals surface area contributed by atoms with Gasteiger partial charge in [-0.05, 0) is 53.8 Å². The van der Waals surface area contributed by atoms with Gasteiger partial charge in [0.2, 0.25) is 0 Å². The number of nitrogens with one attached hydrogen (secondary N) is 2. The molecule has 3 heteroatoms. The van der Waals surface area contributed by atoms with E-state index in [0.717, 1.165) is 18.8 Å². The molecule has 3 aromatic rings. The predicted octanol–water partition coefficient (Wildman–Crippen LogP) is 3.64. The fourth-order valence-corrected chi connectivity index (χ4v) is 2.39. The van der Waals surface area contributed by atoms with E-state index in [1.54, 1.807) is 0 Å². The molecule has 0 spiro atoms. The molecule has 0 fully saturated rings. The van der Waals surface area contributed by atoms with Crippen LogP contribution in [0.2, 0.25) is 0 Å². The van der Waals surface area contributed by atoms with Crippen molar-refractivity contribution in [3.8, 4) is 5.75 Å². The van der Waals surface area contributed by atoms with Crippen LogP contribution in [0.3, 0.4) is 0 Å². The summed E-state index contributed by atoms with van der Waals surface area (Å²) in [6, 6.07) is 16.7. The van der Waals surface area contributed by atoms with Gasteiger partial charge >= 0.3 is 0 Å². The second-order valence-corrected chi connectivity index (χ2v) is 5.24. The Kier molecular flexibility index (Phi) is 4.22. The fourth-order valence-electron chi connectivity index (χ4n) is 2.39. The van der Waals surface area contributed by atoms with Crippen molar-refractivity contribution in [1.29, 1.82) is 0 Å². The van der Waals surface area contributed by atoms with Crippen molar-refractivity contribution in [2.45, 2.75) is 13.5 Å². The van der Waals surface area contributed by atoms with Crippen molar-refractivity contribution >= 4 is 10.9 Å². The number of ether oxygens (including phenoxy) is 1. The van der Waals surface area contributed by atoms with Gasteiger partial charge in [-0.1, -0.05) is 18.2 Å². The Morgan fingerprint density at radius 3 is 2.95 bits per heavy atom. The minimum Gasteiger partial charge on any atom is -0.492 e. The highest BCUT2D eigenvalue weighted by Crippen LogP contribution is 2.14. The highest BCUT2D eigenvalue weighted by Gasteiger charge is 1.98. The van der Waals surface area contributed by atoms with Gasteiger partial charge in [0.25, 0.3) is 0 Å². The van der Waals surface area contributed by atoms with Crippen molar-refractivity contribution in [3.05, 3.63) is 65.9 Å². The Labute approximate surface area is 125 Å². The summed E-state index contributed by atoms with van der Waals surface area (Å²) in [7, 11) is 0. The maximum absolute atomic E-state index is 5.72. The van der Waals surface area contributed by atoms with E-state index in [0.29, 0.717) is 6.61 Å². The second-order valence-electron chi connectivity index (χ2n) is 5.24. The number of aromatic nitrogens is 1. The molecule has 21 heavy (non-hydrogen) atoms. The van der Waals surface area contributed by atoms with Gasteiger partial charge in [-0.15, -0.1) is 0 Å². The molecule has 0 saturated heterocycles. The van der Waals surface area contributed by atoms with Crippen LogP contribution in [0.25, 0.3) is 10.9 Å². The summed E-state index contributed by atoms with van der Waals surface area (Å²) in [6.45, 7) is 4.44. The highest BCUT2D eigenvalue weighted by atomic mass is 16.5. The lowest BCUT2D eigenvalue weighted by molar-refractivity contribution is 0.313. The number of hydrogen-bond donors (Lipinski definition) is 2. The van der Waals surface area contributed by atoms with E-state index in [4.69, 9.17) is 4.74 Å². The summed E-state index contributed by atoms with van der Waals surface area (Å²) < 4.78 is 5.72. The molecule has 2 N–H and O–H groups in total. The van der Waals surface area contributed by atoms with Gasteiger partial charge < -0.3 is 15.0 Å². The van der Waals surface area contributed by atoms with Crippen LogP contribution in [0.5, 0.6) is 5.75 Å². The zero-order valence-corrected chi connectivity index (χ0v) is 12.2. The molecule has 2 aromatic carbocycles. The number of aromatic amines is 1. The summed E-state index contributed by atoms with van der Waals surface area (Å²) in [5.41, 5.74) is 3.69. The third-order valence-corrected chi connectivity index (χ3v) is 3.48. The molecule has 3 rings (SSSR count). The Bertz CT molecular complexity index is 718. The molecule has 0 aliphatic carbocycles. The Morgan fingerprint density at radius 1 is 1.10 bits per heavy atom. The Balaban J connectivity index is 1.43. The number of H-pyrrole nitrogens is 1. The third-order valence-electron chi connectivity index (χ3n) is 3.48. The molecule has 0 aliphatic heterocycles. The molecule has 0 unspecified atom stereocenters. The lowest BCUT2D eigenvalue weighted by atomic mass is 10.1. The van der Waals surface area contributed by atoms with E-state index in [1.807, 2.05) is 18.3 Å². The van der Waals surface area contributed by atoms with Crippen molar-refractivity contribution in [2.24, 2.45) is 0 Å². The van der Waals surface area contributed by atoms with Gasteiger partial charge in [0.05, 0.1) is 0 Å². The van der Waals surface area contributed by atoms with Crippen LogP contribution >= 0.6 is 0 Å². The average molecular weight is 280 g/mol. The van der Waals surface area contributed by atoms with Gasteiger partial charge in [-0.25, -0.2) is 0 Å². The second kappa shape index (κ2) is 6.46. The Morgan fingerprint density at radius 2 is 2.05 bits per heavy atom. The van der Waals surface area contributed by atoms with Crippen LogP contribution in [0, 0.1) is 6.92 Å². The smallest absolute Gasteiger partial charge is 0.119 e. The Hall–Kier alpha value is -2.26. The van der Waals surface area contributed by atoms with Gasteiger partial charge in [0.15, 0.2) is 0 Å². The zero-order chi connectivity index (χ0) is 14.5. The molecular weight excluding hydrogens is 260 g/mol. The quantitative estimate of drug-likeness (QED) is 0.676. The van der Waals surface area contributed by atoms with E-state index in [2.05, 4.69) is 53.6 Å². The molecular formula is C18H20N2O. The molecule has 0 amide bonds. The van der Waals surface area contributed by atoms with Crippen molar-refractivity contribution < 1.29 is 4.74 Å². The number of rotatable bonds is 6. The van der Waals surface area contributed by atoms with E-state index < -0.39 is 0 Å². The van der Waals surface area contributed by atoms with Gasteiger partial charge in [0, 0.05) is 24.8 Å². The number of aryl methyl sites for hydroxylation is 1. The SMILES string of the molecule is Cc1cccc(OCCNCc2ccc3[nH]ccc3c2)c1. The highest BCUT2D eigenvalue weighted by molar-refractivity contribution is 5.79. The van der Waals surface area contributed by atoms with E-state index in [1.165, 1.54) is 22.0 Å². The van der Waals surface area contributed by atoms with Gasteiger partial charge in [0.1, 0.15) is 12.4 Å². The van der Waals surface area contributed by atoms with Crippen molar-refractivity contribution in [2.75, 3.05) is 13.2 Å². The molecule has 1 aromatic heterocycles. The van der Waals surface area contributed by atoms with Gasteiger partial charge in [-0.3, -0.25) is 0 Å². The summed E-state index contributed by atoms with van der Waals surface area (Å²) in [5, 5.41) is 4.66. The van der Waals surface area contributed by atoms with E-state index >= 15 is 0 Å². The lowest BCUT2D eigenvalue weighted by Gasteiger charge is -2.08. The summed E-state index contributed by atoms with van der Waals surface area (Å²) in [5.74, 6) is 0.936. The summed E-state index contributed by atoms with van der Waals surface area (Å²) in [4.78, 5) is 3.21. The van der Waals surface area contributed by atoms with Crippen molar-refractivity contribution in [1.82, 2.24) is 10.3 Å². The van der Waals surface area contributed by atoms with Crippen LogP contribution in [-0.4, -0.2) is 18.1 Å². The largest absolute Gasteiger partial charge is 0.492 e. The number of hydrogen-bond acceptors (Lipinski definition) is 2. The summed E-state index contributed by atoms with van der Waals surface area (Å²) >= 11 is 0. The molecule has 0 aliphatic rings. The molecule has 1 heterocycles. The first-order valence-electron chi connectivity index (χ1n) is 7.27. The van der Waals surface area contributed by atoms with Crippen LogP contribution in [0.15, 0.2) is 54.7 Å². The molecule has 108 valence electrons. The molecule has 0 radical (unpaired) electrons. The van der Waals surface area contributed by atoms with Crippen LogP contribution in [0.1, 0.15) is 11.1 Å². The predicted molar refractivity (Wildman–Crippen MR) is 86.7 cm³/mol. The first-order chi connectivity index (χ1) is 10.3. The normalized spacial score (nSPS) is 10.9. The van der Waals surface area contributed by atoms with Gasteiger partial charge in [-0.2, -0.15) is 0 Å². The van der Waals surface area contributed by atoms with E-state index in [9.17, 15) is 0 Å². The zero-order valence-electron chi connectivity index (χ0n) is 12.2. The molecule has 0 saturated carbocycles. The average Bonchev–Trinajstić information content (AvgIpc) is 2.94. The molecule has 0 atom stereocenters. The third kappa shape index (κ3) is 3.64. The molecule has 3 nitrogen and oxygen atoms in total. The van der Waals surface area contributed by atoms with Crippen LogP contribution < -0.4 is 10.1 Å². The van der Waals surface area contributed by atoms with Crippen LogP contribution in [-0.2, 0) is 6.54 Å². The number of benzene rings is 2.